The van der Waals surface area contributed by atoms with Crippen LogP contribution in [0.5, 0.6) is 11.5 Å². The van der Waals surface area contributed by atoms with Crippen molar-refractivity contribution in [2.75, 3.05) is 13.2 Å². The summed E-state index contributed by atoms with van der Waals surface area (Å²) in [6.45, 7) is 8.72. The van der Waals surface area contributed by atoms with Gasteiger partial charge in [0.2, 0.25) is 0 Å². The van der Waals surface area contributed by atoms with E-state index in [1.165, 1.54) is 4.90 Å². The lowest BCUT2D eigenvalue weighted by Crippen LogP contribution is -2.36. The van der Waals surface area contributed by atoms with E-state index in [-0.39, 0.29) is 17.2 Å². The Labute approximate surface area is 147 Å². The van der Waals surface area contributed by atoms with Crippen LogP contribution in [0.2, 0.25) is 0 Å². The van der Waals surface area contributed by atoms with Gasteiger partial charge in [-0.05, 0) is 57.2 Å². The number of thioether (sulfide) groups is 1. The predicted molar refractivity (Wildman–Crippen MR) is 96.3 cm³/mol. The first-order valence-corrected chi connectivity index (χ1v) is 9.00. The van der Waals surface area contributed by atoms with Crippen molar-refractivity contribution in [3.8, 4) is 11.5 Å². The quantitative estimate of drug-likeness (QED) is 0.686. The van der Waals surface area contributed by atoms with Crippen molar-refractivity contribution in [2.24, 2.45) is 0 Å². The third-order valence-electron chi connectivity index (χ3n) is 3.74. The van der Waals surface area contributed by atoms with Gasteiger partial charge in [0.05, 0.1) is 18.1 Å². The molecule has 0 aliphatic carbocycles. The summed E-state index contributed by atoms with van der Waals surface area (Å²) in [6, 6.07) is 5.37. The molecule has 0 spiro atoms. The van der Waals surface area contributed by atoms with Gasteiger partial charge in [0.1, 0.15) is 11.5 Å². The fourth-order valence-electron chi connectivity index (χ4n) is 2.35. The minimum Gasteiger partial charge on any atom is -0.494 e. The van der Waals surface area contributed by atoms with Gasteiger partial charge >= 0.3 is 0 Å². The topological polar surface area (TPSA) is 55.8 Å². The van der Waals surface area contributed by atoms with Crippen LogP contribution in [0.15, 0.2) is 23.1 Å². The maximum atomic E-state index is 12.5. The molecule has 1 heterocycles. The first-order valence-electron chi connectivity index (χ1n) is 8.18. The number of rotatable bonds is 7. The molecule has 6 heteroatoms. The summed E-state index contributed by atoms with van der Waals surface area (Å²) >= 11 is 0.973. The third kappa shape index (κ3) is 3.93. The second-order valence-electron chi connectivity index (χ2n) is 5.37. The zero-order valence-corrected chi connectivity index (χ0v) is 15.3. The highest BCUT2D eigenvalue weighted by atomic mass is 32.2. The third-order valence-corrected chi connectivity index (χ3v) is 4.62. The van der Waals surface area contributed by atoms with E-state index in [0.717, 1.165) is 23.7 Å². The minimum atomic E-state index is -0.240. The second-order valence-corrected chi connectivity index (χ2v) is 6.37. The van der Waals surface area contributed by atoms with Crippen molar-refractivity contribution >= 4 is 29.0 Å². The van der Waals surface area contributed by atoms with Gasteiger partial charge in [0.15, 0.2) is 0 Å². The maximum absolute atomic E-state index is 12.5. The molecule has 1 saturated heterocycles. The largest absolute Gasteiger partial charge is 0.494 e. The minimum absolute atomic E-state index is 0.102. The highest BCUT2D eigenvalue weighted by Gasteiger charge is 2.37. The fourth-order valence-corrected chi connectivity index (χ4v) is 3.28. The van der Waals surface area contributed by atoms with Crippen molar-refractivity contribution in [1.82, 2.24) is 4.90 Å². The van der Waals surface area contributed by atoms with Gasteiger partial charge in [0.25, 0.3) is 11.1 Å². The Kier molecular flexibility index (Phi) is 6.31. The van der Waals surface area contributed by atoms with Crippen LogP contribution in [0.3, 0.4) is 0 Å². The average molecular weight is 349 g/mol. The molecule has 130 valence electrons. The Balaban J connectivity index is 2.33. The molecule has 2 amide bonds. The number of nitrogens with zero attached hydrogens (tertiary/aromatic N) is 1. The zero-order valence-electron chi connectivity index (χ0n) is 14.5. The standard InChI is InChI=1S/C18H23NO4S/c1-5-12(4)19-17(20)16(24-18(19)21)10-13-8-9-14(22-6-2)11-15(13)23-7-3/h8-12H,5-7H2,1-4H3/b16-10+/t12-/m1/s1. The number of carbonyl (C=O) groups is 2. The molecule has 1 aliphatic rings. The predicted octanol–water partition coefficient (Wildman–Crippen LogP) is 4.32. The first kappa shape index (κ1) is 18.4. The molecule has 5 nitrogen and oxygen atoms in total. The molecular weight excluding hydrogens is 326 g/mol. The van der Waals surface area contributed by atoms with E-state index in [2.05, 4.69) is 0 Å². The van der Waals surface area contributed by atoms with E-state index >= 15 is 0 Å². The summed E-state index contributed by atoms with van der Waals surface area (Å²) in [5, 5.41) is -0.218. The lowest BCUT2D eigenvalue weighted by Gasteiger charge is -2.19. The van der Waals surface area contributed by atoms with Crippen molar-refractivity contribution in [2.45, 2.75) is 40.2 Å². The molecule has 24 heavy (non-hydrogen) atoms. The van der Waals surface area contributed by atoms with Crippen molar-refractivity contribution in [1.29, 1.82) is 0 Å². The summed E-state index contributed by atoms with van der Waals surface area (Å²) in [5.74, 6) is 1.11. The molecule has 0 unspecified atom stereocenters. The van der Waals surface area contributed by atoms with E-state index < -0.39 is 0 Å². The van der Waals surface area contributed by atoms with Crippen molar-refractivity contribution < 1.29 is 19.1 Å². The number of carbonyl (C=O) groups excluding carboxylic acids is 2. The lowest BCUT2D eigenvalue weighted by atomic mass is 10.1. The first-order chi connectivity index (χ1) is 11.5. The number of amides is 2. The average Bonchev–Trinajstić information content (AvgIpc) is 2.83. The normalized spacial score (nSPS) is 17.5. The summed E-state index contributed by atoms with van der Waals surface area (Å²) < 4.78 is 11.1. The van der Waals surface area contributed by atoms with E-state index in [4.69, 9.17) is 9.47 Å². The van der Waals surface area contributed by atoms with Crippen LogP contribution in [0.25, 0.3) is 6.08 Å². The van der Waals surface area contributed by atoms with E-state index in [9.17, 15) is 9.59 Å². The van der Waals surface area contributed by atoms with Crippen LogP contribution in [0.1, 0.15) is 39.7 Å². The van der Waals surface area contributed by atoms with Crippen LogP contribution in [-0.4, -0.2) is 35.3 Å². The van der Waals surface area contributed by atoms with E-state index in [1.54, 1.807) is 12.1 Å². The van der Waals surface area contributed by atoms with E-state index in [0.29, 0.717) is 29.6 Å². The molecular formula is C18H23NO4S. The highest BCUT2D eigenvalue weighted by Crippen LogP contribution is 2.36. The second kappa shape index (κ2) is 8.24. The van der Waals surface area contributed by atoms with Gasteiger partial charge in [-0.25, -0.2) is 0 Å². The van der Waals surface area contributed by atoms with Gasteiger partial charge in [-0.2, -0.15) is 0 Å². The summed E-state index contributed by atoms with van der Waals surface area (Å²) in [5.41, 5.74) is 0.759. The molecule has 1 aromatic carbocycles. The molecule has 0 bridgehead atoms. The molecule has 1 aromatic rings. The molecule has 0 saturated carbocycles. The van der Waals surface area contributed by atoms with Crippen LogP contribution in [0, 0.1) is 0 Å². The van der Waals surface area contributed by atoms with E-state index in [1.807, 2.05) is 39.8 Å². The van der Waals surface area contributed by atoms with Crippen LogP contribution in [-0.2, 0) is 4.79 Å². The Morgan fingerprint density at radius 2 is 1.88 bits per heavy atom. The Morgan fingerprint density at radius 3 is 2.50 bits per heavy atom. The van der Waals surface area contributed by atoms with Crippen LogP contribution < -0.4 is 9.47 Å². The fraction of sp³-hybridized carbons (Fsp3) is 0.444. The smallest absolute Gasteiger partial charge is 0.293 e. The zero-order chi connectivity index (χ0) is 17.7. The summed E-state index contributed by atoms with van der Waals surface area (Å²) in [4.78, 5) is 26.4. The van der Waals surface area contributed by atoms with Crippen molar-refractivity contribution in [3.05, 3.63) is 28.7 Å². The molecule has 0 radical (unpaired) electrons. The molecule has 2 rings (SSSR count). The molecule has 0 N–H and O–H groups in total. The van der Waals surface area contributed by atoms with Gasteiger partial charge in [-0.1, -0.05) is 6.92 Å². The summed E-state index contributed by atoms with van der Waals surface area (Å²) in [7, 11) is 0. The van der Waals surface area contributed by atoms with Crippen LogP contribution in [0.4, 0.5) is 4.79 Å². The number of hydrogen-bond donors (Lipinski definition) is 0. The Morgan fingerprint density at radius 1 is 1.17 bits per heavy atom. The maximum Gasteiger partial charge on any atom is 0.293 e. The highest BCUT2D eigenvalue weighted by molar-refractivity contribution is 8.18. The van der Waals surface area contributed by atoms with Gasteiger partial charge in [0, 0.05) is 17.7 Å². The number of imide groups is 1. The molecule has 1 aliphatic heterocycles. The van der Waals surface area contributed by atoms with Crippen LogP contribution >= 0.6 is 11.8 Å². The number of hydrogen-bond acceptors (Lipinski definition) is 5. The molecule has 0 aromatic heterocycles. The SMILES string of the molecule is CCOc1ccc(/C=C2/SC(=O)N([C@H](C)CC)C2=O)c(OCC)c1. The monoisotopic (exact) mass is 349 g/mol. The van der Waals surface area contributed by atoms with Gasteiger partial charge < -0.3 is 9.47 Å². The summed E-state index contributed by atoms with van der Waals surface area (Å²) in [6.07, 6.45) is 2.45. The van der Waals surface area contributed by atoms with Gasteiger partial charge in [-0.15, -0.1) is 0 Å². The Hall–Kier alpha value is -1.95. The van der Waals surface area contributed by atoms with Crippen molar-refractivity contribution in [3.63, 3.8) is 0 Å². The van der Waals surface area contributed by atoms with Gasteiger partial charge in [-0.3, -0.25) is 14.5 Å². The Bertz CT molecular complexity index is 656. The number of benzene rings is 1. The molecule has 1 fully saturated rings. The lowest BCUT2D eigenvalue weighted by molar-refractivity contribution is -0.124. The number of ether oxygens (including phenoxy) is 2. The molecule has 1 atom stereocenters.